The van der Waals surface area contributed by atoms with E-state index in [0.29, 0.717) is 36.7 Å². The van der Waals surface area contributed by atoms with Crippen LogP contribution >= 0.6 is 11.6 Å². The first kappa shape index (κ1) is 47.4. The summed E-state index contributed by atoms with van der Waals surface area (Å²) in [6.07, 6.45) is -1.54. The number of ether oxygens (including phenoxy) is 8. The van der Waals surface area contributed by atoms with Gasteiger partial charge in [0.05, 0.1) is 64.0 Å². The van der Waals surface area contributed by atoms with E-state index in [9.17, 15) is 9.59 Å². The maximum absolute atomic E-state index is 14.0. The number of carbonyl (C=O) groups is 2. The zero-order valence-electron chi connectivity index (χ0n) is 38.7. The monoisotopic (exact) mass is 939 g/mol. The molecule has 9 rings (SSSR count). The molecular weight excluding hydrogens is 882 g/mol. The zero-order valence-corrected chi connectivity index (χ0v) is 39.5. The molecule has 0 N–H and O–H groups in total. The van der Waals surface area contributed by atoms with Crippen molar-refractivity contribution in [3.05, 3.63) is 179 Å². The average molecular weight is 941 g/mol. The molecule has 0 aromatic heterocycles. The highest BCUT2D eigenvalue weighted by Crippen LogP contribution is 2.62. The molecule has 1 saturated heterocycles. The van der Waals surface area contributed by atoms with Gasteiger partial charge in [-0.05, 0) is 54.0 Å². The van der Waals surface area contributed by atoms with Crippen molar-refractivity contribution >= 4 is 40.1 Å². The van der Waals surface area contributed by atoms with Crippen LogP contribution < -0.4 is 9.64 Å². The number of carbonyl (C=O) groups excluding carboxylic acids is 2. The molecule has 1 aliphatic carbocycles. The maximum atomic E-state index is 14.0. The van der Waals surface area contributed by atoms with Gasteiger partial charge in [-0.25, -0.2) is 9.59 Å². The van der Waals surface area contributed by atoms with E-state index >= 15 is 0 Å². The van der Waals surface area contributed by atoms with Crippen LogP contribution in [-0.4, -0.2) is 79.9 Å². The number of rotatable bonds is 19. The van der Waals surface area contributed by atoms with E-state index in [0.717, 1.165) is 33.2 Å². The SMILES string of the molecule is CC(C)(C)OC(=O)N1CC(CCl)c2c1cc(OC(=O)COCC1(OCc3ccccc3)COC(COCc3ccccc3)C3(OCc4ccccc4)C(OCc4ccccc4)C13)c1ccccc21. The van der Waals surface area contributed by atoms with Gasteiger partial charge in [-0.15, -0.1) is 11.6 Å². The van der Waals surface area contributed by atoms with Gasteiger partial charge in [-0.2, -0.15) is 0 Å². The molecule has 3 aliphatic rings. The summed E-state index contributed by atoms with van der Waals surface area (Å²) < 4.78 is 52.6. The van der Waals surface area contributed by atoms with E-state index in [1.165, 1.54) is 0 Å². The molecule has 354 valence electrons. The molecule has 2 fully saturated rings. The highest BCUT2D eigenvalue weighted by Gasteiger charge is 2.81. The number of anilines is 1. The Morgan fingerprint density at radius 2 is 1.26 bits per heavy atom. The van der Waals surface area contributed by atoms with Crippen LogP contribution in [-0.2, 0) is 64.4 Å². The van der Waals surface area contributed by atoms with Gasteiger partial charge in [-0.3, -0.25) is 4.90 Å². The van der Waals surface area contributed by atoms with Crippen LogP contribution in [0.25, 0.3) is 10.8 Å². The van der Waals surface area contributed by atoms with E-state index in [1.807, 2.05) is 166 Å². The molecule has 2 heterocycles. The van der Waals surface area contributed by atoms with Gasteiger partial charge in [0.25, 0.3) is 0 Å². The van der Waals surface area contributed by atoms with Crippen molar-refractivity contribution in [3.63, 3.8) is 0 Å². The maximum Gasteiger partial charge on any atom is 0.414 e. The smallest absolute Gasteiger partial charge is 0.414 e. The molecule has 1 amide bonds. The lowest BCUT2D eigenvalue weighted by atomic mass is 9.91. The second-order valence-electron chi connectivity index (χ2n) is 18.7. The van der Waals surface area contributed by atoms with Crippen molar-refractivity contribution in [2.24, 2.45) is 5.92 Å². The fourth-order valence-corrected chi connectivity index (χ4v) is 9.89. The van der Waals surface area contributed by atoms with Crippen molar-refractivity contribution in [2.45, 2.75) is 82.1 Å². The molecule has 0 radical (unpaired) electrons. The van der Waals surface area contributed by atoms with E-state index < -0.39 is 53.6 Å². The minimum atomic E-state index is -1.14. The lowest BCUT2D eigenvalue weighted by Crippen LogP contribution is -2.57. The van der Waals surface area contributed by atoms with Crippen molar-refractivity contribution in [1.82, 2.24) is 0 Å². The van der Waals surface area contributed by atoms with E-state index in [2.05, 4.69) is 0 Å². The number of benzene rings is 6. The summed E-state index contributed by atoms with van der Waals surface area (Å²) in [6, 6.07) is 49.3. The van der Waals surface area contributed by atoms with Crippen LogP contribution in [0.2, 0.25) is 0 Å². The minimum Gasteiger partial charge on any atom is -0.443 e. The summed E-state index contributed by atoms with van der Waals surface area (Å²) >= 11 is 6.51. The molecule has 6 atom stereocenters. The molecule has 6 aromatic rings. The normalized spacial score (nSPS) is 22.9. The van der Waals surface area contributed by atoms with Gasteiger partial charge >= 0.3 is 12.1 Å². The van der Waals surface area contributed by atoms with Gasteiger partial charge in [0.2, 0.25) is 0 Å². The lowest BCUT2D eigenvalue weighted by Gasteiger charge is -2.42. The molecule has 68 heavy (non-hydrogen) atoms. The Bertz CT molecular complexity index is 2630. The van der Waals surface area contributed by atoms with Gasteiger partial charge in [-0.1, -0.05) is 146 Å². The van der Waals surface area contributed by atoms with Gasteiger partial charge < -0.3 is 37.9 Å². The number of hydrogen-bond donors (Lipinski definition) is 0. The molecule has 12 heteroatoms. The number of amides is 1. The zero-order chi connectivity index (χ0) is 47.1. The summed E-state index contributed by atoms with van der Waals surface area (Å²) in [5.74, 6) is -0.609. The van der Waals surface area contributed by atoms with Crippen LogP contribution in [0.5, 0.6) is 5.75 Å². The second kappa shape index (κ2) is 20.9. The van der Waals surface area contributed by atoms with E-state index in [-0.39, 0.29) is 44.7 Å². The summed E-state index contributed by atoms with van der Waals surface area (Å²) in [5, 5.41) is 1.55. The molecular formula is C56H58ClNO10. The fourth-order valence-electron chi connectivity index (χ4n) is 9.63. The third-order valence-electron chi connectivity index (χ3n) is 12.8. The first-order valence-corrected chi connectivity index (χ1v) is 23.8. The van der Waals surface area contributed by atoms with E-state index in [4.69, 9.17) is 49.5 Å². The molecule has 2 aliphatic heterocycles. The standard InChI is InChI=1S/C56H58ClNO10/c1-54(2,3)68-53(60)58-30-43(29-57)50-45-27-17-16-26-44(45)47(28-46(50)58)67-49(59)36-62-37-55(65-33-41-22-12-6-13-23-41)38-64-48(35-61-31-39-18-8-4-9-19-39)56(66-34-42-24-14-7-15-25-42)51(55)52(56)63-32-40-20-10-5-11-21-40/h4-28,43,48,51-52H,29-38H2,1-3H3. The first-order chi connectivity index (χ1) is 33.1. The first-order valence-electron chi connectivity index (χ1n) is 23.2. The Morgan fingerprint density at radius 1 is 0.706 bits per heavy atom. The largest absolute Gasteiger partial charge is 0.443 e. The fraction of sp³-hybridized carbons (Fsp3) is 0.357. The number of alkyl halides is 1. The molecule has 6 unspecified atom stereocenters. The van der Waals surface area contributed by atoms with Crippen LogP contribution in [0.4, 0.5) is 10.5 Å². The Balaban J connectivity index is 1.00. The minimum absolute atomic E-state index is 0.0480. The van der Waals surface area contributed by atoms with Crippen molar-refractivity contribution < 1.29 is 47.5 Å². The summed E-state index contributed by atoms with van der Waals surface area (Å²) in [7, 11) is 0. The Hall–Kier alpha value is -5.63. The van der Waals surface area contributed by atoms with Crippen molar-refractivity contribution in [2.75, 3.05) is 43.8 Å². The predicted molar refractivity (Wildman–Crippen MR) is 260 cm³/mol. The van der Waals surface area contributed by atoms with Crippen LogP contribution in [0.15, 0.2) is 152 Å². The van der Waals surface area contributed by atoms with Crippen molar-refractivity contribution in [3.8, 4) is 5.75 Å². The van der Waals surface area contributed by atoms with Crippen LogP contribution in [0.3, 0.4) is 0 Å². The predicted octanol–water partition coefficient (Wildman–Crippen LogP) is 10.6. The van der Waals surface area contributed by atoms with Gasteiger partial charge in [0.1, 0.15) is 35.3 Å². The lowest BCUT2D eigenvalue weighted by molar-refractivity contribution is -0.241. The molecule has 1 saturated carbocycles. The Labute approximate surface area is 403 Å². The number of esters is 1. The summed E-state index contributed by atoms with van der Waals surface area (Å²) in [5.41, 5.74) is 2.60. The highest BCUT2D eigenvalue weighted by atomic mass is 35.5. The molecule has 11 nitrogen and oxygen atoms in total. The Morgan fingerprint density at radius 3 is 1.87 bits per heavy atom. The highest BCUT2D eigenvalue weighted by molar-refractivity contribution is 6.19. The third kappa shape index (κ3) is 10.5. The Kier molecular flexibility index (Phi) is 14.6. The van der Waals surface area contributed by atoms with Gasteiger partial charge in [0, 0.05) is 29.8 Å². The van der Waals surface area contributed by atoms with Gasteiger partial charge in [0.15, 0.2) is 0 Å². The molecule has 0 spiro atoms. The quantitative estimate of drug-likeness (QED) is 0.0442. The summed E-state index contributed by atoms with van der Waals surface area (Å²) in [6.45, 7) is 6.93. The van der Waals surface area contributed by atoms with E-state index in [1.54, 1.807) is 11.0 Å². The van der Waals surface area contributed by atoms with Crippen molar-refractivity contribution in [1.29, 1.82) is 0 Å². The average Bonchev–Trinajstić information content (AvgIpc) is 3.88. The molecule has 6 aromatic carbocycles. The number of nitrogens with zero attached hydrogens (tertiary/aromatic N) is 1. The van der Waals surface area contributed by atoms with Crippen LogP contribution in [0.1, 0.15) is 54.5 Å². The van der Waals surface area contributed by atoms with Crippen LogP contribution in [0, 0.1) is 5.92 Å². The number of halogens is 1. The number of hydrogen-bond acceptors (Lipinski definition) is 10. The third-order valence-corrected chi connectivity index (χ3v) is 13.2. The second-order valence-corrected chi connectivity index (χ2v) is 19.0. The summed E-state index contributed by atoms with van der Waals surface area (Å²) in [4.78, 5) is 29.1. The molecule has 0 bridgehead atoms. The topological polar surface area (TPSA) is 111 Å². The number of fused-ring (bicyclic) bond motifs is 4.